The van der Waals surface area contributed by atoms with Gasteiger partial charge in [0.2, 0.25) is 0 Å². The van der Waals surface area contributed by atoms with Crippen LogP contribution in [-0.4, -0.2) is 44.5 Å². The number of rotatable bonds is 5. The zero-order valence-corrected chi connectivity index (χ0v) is 12.3. The molecule has 1 saturated heterocycles. The molecular weight excluding hydrogens is 262 g/mol. The van der Waals surface area contributed by atoms with Crippen molar-refractivity contribution in [2.45, 2.75) is 25.8 Å². The number of pyridine rings is 1. The van der Waals surface area contributed by atoms with Crippen molar-refractivity contribution in [1.29, 1.82) is 0 Å². The first-order valence-corrected chi connectivity index (χ1v) is 8.47. The number of nitrogens with zero attached hydrogens (tertiary/aromatic N) is 2. The van der Waals surface area contributed by atoms with Crippen LogP contribution in [0.5, 0.6) is 0 Å². The Morgan fingerprint density at radius 2 is 2.32 bits per heavy atom. The van der Waals surface area contributed by atoms with Gasteiger partial charge in [-0.25, -0.2) is 13.4 Å². The standard InChI is InChI=1S/C13H21N3O2S/c1-3-6-14-13-9-11(4-7-15-13)16(2)12-5-8-19(17,18)10-12/h4,7,9,12H,3,5-6,8,10H2,1-2H3,(H,14,15). The van der Waals surface area contributed by atoms with Crippen molar-refractivity contribution >= 4 is 21.3 Å². The molecule has 2 rings (SSSR count). The number of sulfone groups is 1. The van der Waals surface area contributed by atoms with Gasteiger partial charge in [0.25, 0.3) is 0 Å². The Morgan fingerprint density at radius 3 is 2.95 bits per heavy atom. The molecule has 1 aliphatic heterocycles. The van der Waals surface area contributed by atoms with Crippen LogP contribution in [0.25, 0.3) is 0 Å². The molecule has 1 aromatic rings. The molecule has 0 bridgehead atoms. The maximum atomic E-state index is 11.5. The number of hydrogen-bond acceptors (Lipinski definition) is 5. The van der Waals surface area contributed by atoms with Gasteiger partial charge in [-0.2, -0.15) is 0 Å². The minimum atomic E-state index is -2.85. The van der Waals surface area contributed by atoms with Crippen LogP contribution in [0, 0.1) is 0 Å². The molecule has 0 radical (unpaired) electrons. The van der Waals surface area contributed by atoms with Crippen molar-refractivity contribution in [3.63, 3.8) is 0 Å². The van der Waals surface area contributed by atoms with Crippen LogP contribution < -0.4 is 10.2 Å². The van der Waals surface area contributed by atoms with E-state index in [1.165, 1.54) is 0 Å². The first-order valence-electron chi connectivity index (χ1n) is 6.65. The fraction of sp³-hybridized carbons (Fsp3) is 0.615. The SMILES string of the molecule is CCCNc1cc(N(C)C2CCS(=O)(=O)C2)ccn1. The minimum absolute atomic E-state index is 0.0754. The van der Waals surface area contributed by atoms with Gasteiger partial charge in [0.05, 0.1) is 11.5 Å². The Morgan fingerprint density at radius 1 is 1.53 bits per heavy atom. The summed E-state index contributed by atoms with van der Waals surface area (Å²) in [6.07, 6.45) is 3.51. The first-order chi connectivity index (χ1) is 9.02. The minimum Gasteiger partial charge on any atom is -0.370 e. The molecule has 1 aromatic heterocycles. The summed E-state index contributed by atoms with van der Waals surface area (Å²) in [4.78, 5) is 6.30. The quantitative estimate of drug-likeness (QED) is 0.888. The van der Waals surface area contributed by atoms with Gasteiger partial charge in [0.1, 0.15) is 5.82 Å². The van der Waals surface area contributed by atoms with E-state index in [2.05, 4.69) is 17.2 Å². The molecule has 0 amide bonds. The summed E-state index contributed by atoms with van der Waals surface area (Å²) in [5.41, 5.74) is 1.01. The van der Waals surface area contributed by atoms with Crippen molar-refractivity contribution in [2.75, 3.05) is 35.3 Å². The van der Waals surface area contributed by atoms with Crippen LogP contribution in [0.15, 0.2) is 18.3 Å². The van der Waals surface area contributed by atoms with Crippen molar-refractivity contribution in [1.82, 2.24) is 4.98 Å². The predicted molar refractivity (Wildman–Crippen MR) is 78.5 cm³/mol. The van der Waals surface area contributed by atoms with E-state index in [0.717, 1.165) is 24.5 Å². The lowest BCUT2D eigenvalue weighted by molar-refractivity contribution is 0.601. The highest BCUT2D eigenvalue weighted by atomic mass is 32.2. The second kappa shape index (κ2) is 5.77. The van der Waals surface area contributed by atoms with Gasteiger partial charge in [-0.05, 0) is 18.9 Å². The lowest BCUT2D eigenvalue weighted by Crippen LogP contribution is -2.32. The van der Waals surface area contributed by atoms with Crippen LogP contribution in [0.3, 0.4) is 0 Å². The normalized spacial score (nSPS) is 21.3. The molecule has 0 aliphatic carbocycles. The highest BCUT2D eigenvalue weighted by molar-refractivity contribution is 7.91. The van der Waals surface area contributed by atoms with E-state index in [9.17, 15) is 8.42 Å². The maximum absolute atomic E-state index is 11.5. The molecule has 1 atom stereocenters. The number of hydrogen-bond donors (Lipinski definition) is 1. The topological polar surface area (TPSA) is 62.3 Å². The Bertz CT molecular complexity index is 530. The third-order valence-electron chi connectivity index (χ3n) is 3.46. The van der Waals surface area contributed by atoms with Crippen molar-refractivity contribution in [2.24, 2.45) is 0 Å². The number of aromatic nitrogens is 1. The van der Waals surface area contributed by atoms with Gasteiger partial charge in [-0.1, -0.05) is 6.92 Å². The molecule has 0 saturated carbocycles. The van der Waals surface area contributed by atoms with E-state index >= 15 is 0 Å². The molecule has 0 spiro atoms. The van der Waals surface area contributed by atoms with Crippen LogP contribution in [0.1, 0.15) is 19.8 Å². The van der Waals surface area contributed by atoms with E-state index in [1.807, 2.05) is 24.1 Å². The Balaban J connectivity index is 2.08. The highest BCUT2D eigenvalue weighted by Gasteiger charge is 2.30. The summed E-state index contributed by atoms with van der Waals surface area (Å²) in [6, 6.07) is 3.97. The average molecular weight is 283 g/mol. The van der Waals surface area contributed by atoms with Crippen LogP contribution in [-0.2, 0) is 9.84 Å². The second-order valence-corrected chi connectivity index (χ2v) is 7.22. The molecule has 0 aromatic carbocycles. The van der Waals surface area contributed by atoms with E-state index in [4.69, 9.17) is 0 Å². The average Bonchev–Trinajstić information content (AvgIpc) is 2.76. The summed E-state index contributed by atoms with van der Waals surface area (Å²) in [7, 11) is -0.897. The molecule has 1 unspecified atom stereocenters. The summed E-state index contributed by atoms with van der Waals surface area (Å²) < 4.78 is 23.1. The largest absolute Gasteiger partial charge is 0.370 e. The Labute approximate surface area is 114 Å². The molecule has 2 heterocycles. The lowest BCUT2D eigenvalue weighted by atomic mass is 10.2. The van der Waals surface area contributed by atoms with Crippen LogP contribution >= 0.6 is 0 Å². The third-order valence-corrected chi connectivity index (χ3v) is 5.21. The zero-order chi connectivity index (χ0) is 13.9. The van der Waals surface area contributed by atoms with Gasteiger partial charge in [-0.3, -0.25) is 0 Å². The molecule has 1 N–H and O–H groups in total. The summed E-state index contributed by atoms with van der Waals surface area (Å²) in [5.74, 6) is 1.39. The predicted octanol–water partition coefficient (Wildman–Crippen LogP) is 1.53. The second-order valence-electron chi connectivity index (χ2n) is 4.99. The molecule has 6 heteroatoms. The highest BCUT2D eigenvalue weighted by Crippen LogP contribution is 2.24. The lowest BCUT2D eigenvalue weighted by Gasteiger charge is -2.25. The third kappa shape index (κ3) is 3.59. The van der Waals surface area contributed by atoms with Crippen molar-refractivity contribution in [3.05, 3.63) is 18.3 Å². The molecule has 1 fully saturated rings. The van der Waals surface area contributed by atoms with Gasteiger partial charge in [0.15, 0.2) is 9.84 Å². The van der Waals surface area contributed by atoms with Gasteiger partial charge in [-0.15, -0.1) is 0 Å². The van der Waals surface area contributed by atoms with E-state index in [-0.39, 0.29) is 11.8 Å². The number of nitrogens with one attached hydrogen (secondary N) is 1. The number of anilines is 2. The van der Waals surface area contributed by atoms with Gasteiger partial charge < -0.3 is 10.2 Å². The van der Waals surface area contributed by atoms with Crippen molar-refractivity contribution < 1.29 is 8.42 Å². The van der Waals surface area contributed by atoms with Gasteiger partial charge >= 0.3 is 0 Å². The zero-order valence-electron chi connectivity index (χ0n) is 11.5. The monoisotopic (exact) mass is 283 g/mol. The maximum Gasteiger partial charge on any atom is 0.152 e. The van der Waals surface area contributed by atoms with E-state index in [0.29, 0.717) is 12.2 Å². The summed E-state index contributed by atoms with van der Waals surface area (Å²) >= 11 is 0. The Kier molecular flexibility index (Phi) is 4.29. The fourth-order valence-corrected chi connectivity index (χ4v) is 4.05. The molecular formula is C13H21N3O2S. The molecule has 19 heavy (non-hydrogen) atoms. The van der Waals surface area contributed by atoms with Gasteiger partial charge in [0, 0.05) is 37.6 Å². The van der Waals surface area contributed by atoms with Crippen LogP contribution in [0.2, 0.25) is 0 Å². The van der Waals surface area contributed by atoms with E-state index < -0.39 is 9.84 Å². The fourth-order valence-electron chi connectivity index (χ4n) is 2.28. The molecule has 5 nitrogen and oxygen atoms in total. The molecule has 1 aliphatic rings. The smallest absolute Gasteiger partial charge is 0.152 e. The van der Waals surface area contributed by atoms with Crippen LogP contribution in [0.4, 0.5) is 11.5 Å². The molecule has 106 valence electrons. The Hall–Kier alpha value is -1.30. The summed E-state index contributed by atoms with van der Waals surface area (Å²) in [5, 5.41) is 3.24. The van der Waals surface area contributed by atoms with Crippen molar-refractivity contribution in [3.8, 4) is 0 Å². The summed E-state index contributed by atoms with van der Waals surface area (Å²) in [6.45, 7) is 2.99. The van der Waals surface area contributed by atoms with E-state index in [1.54, 1.807) is 6.20 Å². The first kappa shape index (κ1) is 14.1.